The maximum Gasteiger partial charge on any atom is 0.175 e. The average Bonchev–Trinajstić information content (AvgIpc) is 2.25. The van der Waals surface area contributed by atoms with E-state index >= 15 is 0 Å². The van der Waals surface area contributed by atoms with Crippen LogP contribution in [0.3, 0.4) is 0 Å². The zero-order valence-electron chi connectivity index (χ0n) is 8.55. The maximum atomic E-state index is 11.2. The van der Waals surface area contributed by atoms with Gasteiger partial charge in [-0.3, -0.25) is 0 Å². The van der Waals surface area contributed by atoms with Gasteiger partial charge in [-0.2, -0.15) is 5.26 Å². The Labute approximate surface area is 99.3 Å². The molecule has 0 saturated carbocycles. The summed E-state index contributed by atoms with van der Waals surface area (Å²) >= 11 is 5.54. The zero-order chi connectivity index (χ0) is 12.2. The molecular formula is C10H10ClNO3S. The summed E-state index contributed by atoms with van der Waals surface area (Å²) in [5.74, 6) is 0.379. The van der Waals surface area contributed by atoms with Gasteiger partial charge in [-0.15, -0.1) is 11.6 Å². The van der Waals surface area contributed by atoms with Gasteiger partial charge in [0.15, 0.2) is 15.2 Å². The lowest BCUT2D eigenvalue weighted by Crippen LogP contribution is -2.09. The number of hydrogen-bond acceptors (Lipinski definition) is 4. The van der Waals surface area contributed by atoms with Gasteiger partial charge >= 0.3 is 0 Å². The van der Waals surface area contributed by atoms with Crippen molar-refractivity contribution in [1.29, 1.82) is 5.26 Å². The molecule has 0 radical (unpaired) electrons. The second-order valence-corrected chi connectivity index (χ2v) is 5.70. The Morgan fingerprint density at radius 2 is 2.25 bits per heavy atom. The van der Waals surface area contributed by atoms with Crippen LogP contribution in [-0.2, 0) is 9.84 Å². The lowest BCUT2D eigenvalue weighted by Gasteiger charge is -2.07. The fourth-order valence-corrected chi connectivity index (χ4v) is 1.72. The van der Waals surface area contributed by atoms with Crippen molar-refractivity contribution in [1.82, 2.24) is 0 Å². The van der Waals surface area contributed by atoms with E-state index in [9.17, 15) is 8.42 Å². The van der Waals surface area contributed by atoms with E-state index in [0.29, 0.717) is 5.75 Å². The Balaban J connectivity index is 2.81. The standard InChI is InChI=1S/C10H10ClNO3S/c1-16(13,14)10-4-2-3-9(5-10)15-7-8(11)6-12/h2-5,8H,7H2,1H3. The second kappa shape index (κ2) is 5.19. The molecule has 16 heavy (non-hydrogen) atoms. The molecule has 0 aliphatic heterocycles. The fourth-order valence-electron chi connectivity index (χ4n) is 1.00. The number of rotatable bonds is 4. The maximum absolute atomic E-state index is 11.2. The predicted molar refractivity (Wildman–Crippen MR) is 60.3 cm³/mol. The van der Waals surface area contributed by atoms with Crippen LogP contribution in [-0.4, -0.2) is 26.7 Å². The third-order valence-corrected chi connectivity index (χ3v) is 3.10. The number of benzene rings is 1. The molecule has 0 fully saturated rings. The summed E-state index contributed by atoms with van der Waals surface area (Å²) in [4.78, 5) is 0.174. The van der Waals surface area contributed by atoms with E-state index in [1.54, 1.807) is 18.2 Å². The smallest absolute Gasteiger partial charge is 0.175 e. The highest BCUT2D eigenvalue weighted by atomic mass is 35.5. The van der Waals surface area contributed by atoms with E-state index in [-0.39, 0.29) is 11.5 Å². The highest BCUT2D eigenvalue weighted by Gasteiger charge is 2.09. The fraction of sp³-hybridized carbons (Fsp3) is 0.300. The minimum Gasteiger partial charge on any atom is -0.491 e. The topological polar surface area (TPSA) is 67.2 Å². The molecule has 1 unspecified atom stereocenters. The Morgan fingerprint density at radius 3 is 2.81 bits per heavy atom. The number of alkyl halides is 1. The van der Waals surface area contributed by atoms with Gasteiger partial charge in [0, 0.05) is 6.26 Å². The van der Waals surface area contributed by atoms with E-state index in [2.05, 4.69) is 0 Å². The largest absolute Gasteiger partial charge is 0.491 e. The third-order valence-electron chi connectivity index (χ3n) is 1.77. The Hall–Kier alpha value is -1.25. The molecule has 0 N–H and O–H groups in total. The molecule has 0 aliphatic carbocycles. The van der Waals surface area contributed by atoms with Crippen LogP contribution in [0.4, 0.5) is 0 Å². The van der Waals surface area contributed by atoms with Crippen LogP contribution in [0.15, 0.2) is 29.2 Å². The summed E-state index contributed by atoms with van der Waals surface area (Å²) < 4.78 is 27.7. The predicted octanol–water partition coefficient (Wildman–Crippen LogP) is 1.60. The van der Waals surface area contributed by atoms with E-state index < -0.39 is 15.2 Å². The van der Waals surface area contributed by atoms with E-state index in [0.717, 1.165) is 6.26 Å². The van der Waals surface area contributed by atoms with Gasteiger partial charge in [-0.1, -0.05) is 6.07 Å². The van der Waals surface area contributed by atoms with Crippen molar-refractivity contribution in [3.63, 3.8) is 0 Å². The number of sulfone groups is 1. The van der Waals surface area contributed by atoms with Gasteiger partial charge in [0.05, 0.1) is 11.0 Å². The van der Waals surface area contributed by atoms with Gasteiger partial charge in [0.2, 0.25) is 0 Å². The van der Waals surface area contributed by atoms with Gasteiger partial charge in [-0.25, -0.2) is 8.42 Å². The Morgan fingerprint density at radius 1 is 1.56 bits per heavy atom. The second-order valence-electron chi connectivity index (χ2n) is 3.15. The number of hydrogen-bond donors (Lipinski definition) is 0. The Bertz CT molecular complexity index is 507. The minimum atomic E-state index is -3.25. The van der Waals surface area contributed by atoms with Crippen molar-refractivity contribution >= 4 is 21.4 Å². The molecule has 0 spiro atoms. The third kappa shape index (κ3) is 3.72. The molecule has 1 aromatic rings. The number of nitriles is 1. The van der Waals surface area contributed by atoms with E-state index in [4.69, 9.17) is 21.6 Å². The lowest BCUT2D eigenvalue weighted by atomic mass is 10.3. The van der Waals surface area contributed by atoms with Crippen molar-refractivity contribution in [2.45, 2.75) is 10.3 Å². The summed E-state index contributed by atoms with van der Waals surface area (Å²) in [7, 11) is -3.25. The van der Waals surface area contributed by atoms with Gasteiger partial charge in [-0.05, 0) is 18.2 Å². The van der Waals surface area contributed by atoms with Crippen molar-refractivity contribution in [3.8, 4) is 11.8 Å². The normalized spacial score (nSPS) is 12.8. The van der Waals surface area contributed by atoms with E-state index in [1.807, 2.05) is 0 Å². The SMILES string of the molecule is CS(=O)(=O)c1cccc(OCC(Cl)C#N)c1. The molecule has 0 aliphatic rings. The first-order valence-electron chi connectivity index (χ1n) is 4.40. The van der Waals surface area contributed by atoms with Crippen molar-refractivity contribution in [2.75, 3.05) is 12.9 Å². The van der Waals surface area contributed by atoms with Crippen LogP contribution >= 0.6 is 11.6 Å². The van der Waals surface area contributed by atoms with Gasteiger partial charge in [0.25, 0.3) is 0 Å². The number of halogens is 1. The zero-order valence-corrected chi connectivity index (χ0v) is 10.1. The van der Waals surface area contributed by atoms with Crippen LogP contribution in [0, 0.1) is 11.3 Å². The molecule has 1 aromatic carbocycles. The van der Waals surface area contributed by atoms with Gasteiger partial charge in [0.1, 0.15) is 12.4 Å². The highest BCUT2D eigenvalue weighted by molar-refractivity contribution is 7.90. The van der Waals surface area contributed by atoms with Crippen LogP contribution in [0.25, 0.3) is 0 Å². The van der Waals surface area contributed by atoms with Crippen LogP contribution in [0.1, 0.15) is 0 Å². The summed E-state index contributed by atoms with van der Waals surface area (Å²) in [5.41, 5.74) is 0. The minimum absolute atomic E-state index is 0.0191. The molecule has 0 heterocycles. The lowest BCUT2D eigenvalue weighted by molar-refractivity contribution is 0.328. The summed E-state index contributed by atoms with van der Waals surface area (Å²) in [6.45, 7) is 0.0191. The molecule has 0 aromatic heterocycles. The molecule has 1 rings (SSSR count). The molecule has 86 valence electrons. The Kier molecular flexibility index (Phi) is 4.16. The van der Waals surface area contributed by atoms with Crippen molar-refractivity contribution in [2.24, 2.45) is 0 Å². The van der Waals surface area contributed by atoms with Crippen LogP contribution < -0.4 is 4.74 Å². The van der Waals surface area contributed by atoms with Crippen molar-refractivity contribution in [3.05, 3.63) is 24.3 Å². The first-order chi connectivity index (χ1) is 7.43. The van der Waals surface area contributed by atoms with Crippen LogP contribution in [0.2, 0.25) is 0 Å². The van der Waals surface area contributed by atoms with E-state index in [1.165, 1.54) is 12.1 Å². The summed E-state index contributed by atoms with van der Waals surface area (Å²) in [5, 5.41) is 7.69. The molecule has 6 heteroatoms. The highest BCUT2D eigenvalue weighted by Crippen LogP contribution is 2.17. The van der Waals surface area contributed by atoms with Crippen molar-refractivity contribution < 1.29 is 13.2 Å². The summed E-state index contributed by atoms with van der Waals surface area (Å²) in [6.07, 6.45) is 1.12. The summed E-state index contributed by atoms with van der Waals surface area (Å²) in [6, 6.07) is 7.86. The first kappa shape index (κ1) is 12.8. The number of nitrogens with zero attached hydrogens (tertiary/aromatic N) is 1. The monoisotopic (exact) mass is 259 g/mol. The molecule has 0 saturated heterocycles. The number of ether oxygens (including phenoxy) is 1. The molecule has 4 nitrogen and oxygen atoms in total. The first-order valence-corrected chi connectivity index (χ1v) is 6.73. The molecule has 0 bridgehead atoms. The quantitative estimate of drug-likeness (QED) is 0.771. The molecule has 1 atom stereocenters. The van der Waals surface area contributed by atoms with Crippen LogP contribution in [0.5, 0.6) is 5.75 Å². The molecular weight excluding hydrogens is 250 g/mol. The molecule has 0 amide bonds. The average molecular weight is 260 g/mol. The van der Waals surface area contributed by atoms with Gasteiger partial charge < -0.3 is 4.74 Å².